The number of nitrogens with zero attached hydrogens (tertiary/aromatic N) is 1. The molecule has 0 aliphatic heterocycles. The zero-order chi connectivity index (χ0) is 9.30. The van der Waals surface area contributed by atoms with Crippen LogP contribution in [-0.4, -0.2) is 12.8 Å². The maximum Gasteiger partial charge on any atom is 0.306 e. The maximum atomic E-state index is 12.9. The first-order valence-electron chi connectivity index (χ1n) is 2.92. The minimum absolute atomic E-state index is 0.0141. The van der Waals surface area contributed by atoms with Crippen molar-refractivity contribution in [3.63, 3.8) is 0 Å². The molecule has 60 valence electrons. The van der Waals surface area contributed by atoms with Gasteiger partial charge in [0, 0.05) is 6.07 Å². The third kappa shape index (κ3) is 1.40. The lowest BCUT2D eigenvalue weighted by atomic mass is 9.96. The molecule has 12 heavy (non-hydrogen) atoms. The smallest absolute Gasteiger partial charge is 0.258 e. The molecule has 0 heterocycles. The van der Waals surface area contributed by atoms with E-state index in [-0.39, 0.29) is 5.46 Å². The van der Waals surface area contributed by atoms with E-state index in [1.165, 1.54) is 6.07 Å². The Morgan fingerprint density at radius 1 is 1.58 bits per heavy atom. The molecule has 0 N–H and O–H groups in total. The zero-order valence-electron chi connectivity index (χ0n) is 5.75. The molecule has 3 nitrogen and oxygen atoms in total. The topological polar surface area (TPSA) is 43.1 Å². The molecule has 1 rings (SSSR count). The monoisotopic (exact) mass is 185 g/mol. The molecule has 2 radical (unpaired) electrons. The Kier molecular flexibility index (Phi) is 2.33. The van der Waals surface area contributed by atoms with Crippen molar-refractivity contribution in [1.29, 1.82) is 0 Å². The van der Waals surface area contributed by atoms with Crippen molar-refractivity contribution >= 4 is 30.6 Å². The third-order valence-corrected chi connectivity index (χ3v) is 1.67. The number of hydrogen-bond donors (Lipinski definition) is 0. The van der Waals surface area contributed by atoms with Crippen molar-refractivity contribution in [3.05, 3.63) is 33.1 Å². The first-order chi connectivity index (χ1) is 5.54. The molecule has 0 amide bonds. The van der Waals surface area contributed by atoms with Gasteiger partial charge in [0.05, 0.1) is 9.95 Å². The van der Waals surface area contributed by atoms with Crippen molar-refractivity contribution in [2.75, 3.05) is 0 Å². The van der Waals surface area contributed by atoms with E-state index < -0.39 is 21.5 Å². The second-order valence-electron chi connectivity index (χ2n) is 2.06. The molecule has 0 unspecified atom stereocenters. The minimum Gasteiger partial charge on any atom is -0.258 e. The lowest BCUT2D eigenvalue weighted by Gasteiger charge is -1.99. The number of benzene rings is 1. The summed E-state index contributed by atoms with van der Waals surface area (Å²) in [6, 6.07) is 2.15. The first-order valence-corrected chi connectivity index (χ1v) is 3.29. The van der Waals surface area contributed by atoms with E-state index in [9.17, 15) is 14.5 Å². The Morgan fingerprint density at radius 3 is 2.67 bits per heavy atom. The van der Waals surface area contributed by atoms with Gasteiger partial charge in [-0.2, -0.15) is 4.39 Å². The summed E-state index contributed by atoms with van der Waals surface area (Å²) in [4.78, 5) is 9.29. The maximum absolute atomic E-state index is 12.9. The van der Waals surface area contributed by atoms with Crippen LogP contribution < -0.4 is 5.46 Å². The van der Waals surface area contributed by atoms with Gasteiger partial charge in [0.2, 0.25) is 5.82 Å². The van der Waals surface area contributed by atoms with Crippen LogP contribution in [0, 0.1) is 15.9 Å². The Hall–Kier alpha value is -1.10. The average Bonchev–Trinajstić information content (AvgIpc) is 2.00. The highest BCUT2D eigenvalue weighted by molar-refractivity contribution is 6.45. The molecule has 6 heteroatoms. The fourth-order valence-corrected chi connectivity index (χ4v) is 0.855. The van der Waals surface area contributed by atoms with Gasteiger partial charge in [-0.3, -0.25) is 10.1 Å². The zero-order valence-corrected chi connectivity index (χ0v) is 6.51. The van der Waals surface area contributed by atoms with Gasteiger partial charge in [-0.1, -0.05) is 23.1 Å². The van der Waals surface area contributed by atoms with Crippen LogP contribution in [0.15, 0.2) is 12.1 Å². The molecule has 0 aliphatic rings. The number of halogens is 2. The molecule has 1 aromatic carbocycles. The quantitative estimate of drug-likeness (QED) is 0.374. The van der Waals surface area contributed by atoms with E-state index >= 15 is 0 Å². The Labute approximate surface area is 73.7 Å². The van der Waals surface area contributed by atoms with Gasteiger partial charge in [-0.15, -0.1) is 0 Å². The Morgan fingerprint density at radius 2 is 2.17 bits per heavy atom. The van der Waals surface area contributed by atoms with E-state index in [0.29, 0.717) is 0 Å². The number of nitro groups is 1. The molecule has 0 bridgehead atoms. The first kappa shape index (κ1) is 9.00. The number of rotatable bonds is 1. The summed E-state index contributed by atoms with van der Waals surface area (Å²) in [5.74, 6) is -1.10. The standard InChI is InChI=1S/C6H2BClFNO2/c7-3-1-2-4(10(11)12)6(9)5(3)8/h1-2H. The van der Waals surface area contributed by atoms with Crippen LogP contribution in [0.3, 0.4) is 0 Å². The second-order valence-corrected chi connectivity index (χ2v) is 2.44. The molecular formula is C6H2BClFNO2. The highest BCUT2D eigenvalue weighted by Crippen LogP contribution is 2.21. The SMILES string of the molecule is [B]c1ccc([N+](=O)[O-])c(F)c1Cl. The molecule has 0 aliphatic carbocycles. The van der Waals surface area contributed by atoms with Crippen LogP contribution in [0.2, 0.25) is 5.02 Å². The van der Waals surface area contributed by atoms with Crippen molar-refractivity contribution in [1.82, 2.24) is 0 Å². The number of hydrogen-bond acceptors (Lipinski definition) is 2. The van der Waals surface area contributed by atoms with E-state index in [1.807, 2.05) is 0 Å². The van der Waals surface area contributed by atoms with Crippen molar-refractivity contribution < 1.29 is 9.31 Å². The van der Waals surface area contributed by atoms with Gasteiger partial charge in [-0.25, -0.2) is 0 Å². The van der Waals surface area contributed by atoms with Gasteiger partial charge < -0.3 is 0 Å². The molecule has 0 saturated heterocycles. The molecule has 0 saturated carbocycles. The predicted molar refractivity (Wildman–Crippen MR) is 43.5 cm³/mol. The van der Waals surface area contributed by atoms with Crippen molar-refractivity contribution in [2.45, 2.75) is 0 Å². The summed E-state index contributed by atoms with van der Waals surface area (Å²) in [5, 5.41) is 9.74. The fraction of sp³-hybridized carbons (Fsp3) is 0. The molecular weight excluding hydrogens is 183 g/mol. The summed E-state index contributed by atoms with van der Waals surface area (Å²) in [5.41, 5.74) is -0.686. The Balaban J connectivity index is 3.36. The summed E-state index contributed by atoms with van der Waals surface area (Å²) >= 11 is 5.32. The predicted octanol–water partition coefficient (Wildman–Crippen LogP) is 1.18. The van der Waals surface area contributed by atoms with Crippen molar-refractivity contribution in [3.8, 4) is 0 Å². The van der Waals surface area contributed by atoms with Gasteiger partial charge in [0.25, 0.3) is 0 Å². The van der Waals surface area contributed by atoms with E-state index in [2.05, 4.69) is 0 Å². The van der Waals surface area contributed by atoms with Crippen LogP contribution in [0.4, 0.5) is 10.1 Å². The lowest BCUT2D eigenvalue weighted by Crippen LogP contribution is -2.07. The minimum atomic E-state index is -1.10. The summed E-state index contributed by atoms with van der Waals surface area (Å²) in [6.45, 7) is 0. The summed E-state index contributed by atoms with van der Waals surface area (Å²) in [7, 11) is 5.20. The Bertz CT molecular complexity index is 345. The molecule has 0 atom stereocenters. The van der Waals surface area contributed by atoms with Gasteiger partial charge in [0.15, 0.2) is 0 Å². The van der Waals surface area contributed by atoms with Crippen LogP contribution in [0.1, 0.15) is 0 Å². The van der Waals surface area contributed by atoms with Gasteiger partial charge >= 0.3 is 5.69 Å². The largest absolute Gasteiger partial charge is 0.306 e. The van der Waals surface area contributed by atoms with E-state index in [1.54, 1.807) is 0 Å². The molecule has 0 spiro atoms. The van der Waals surface area contributed by atoms with Gasteiger partial charge in [0.1, 0.15) is 7.85 Å². The highest BCUT2D eigenvalue weighted by Gasteiger charge is 2.17. The van der Waals surface area contributed by atoms with Gasteiger partial charge in [-0.05, 0) is 0 Å². The molecule has 1 aromatic rings. The molecule has 0 aromatic heterocycles. The normalized spacial score (nSPS) is 9.83. The average molecular weight is 185 g/mol. The van der Waals surface area contributed by atoms with Crippen LogP contribution in [0.25, 0.3) is 0 Å². The van der Waals surface area contributed by atoms with E-state index in [0.717, 1.165) is 6.07 Å². The van der Waals surface area contributed by atoms with E-state index in [4.69, 9.17) is 19.4 Å². The van der Waals surface area contributed by atoms with Crippen LogP contribution in [-0.2, 0) is 0 Å². The highest BCUT2D eigenvalue weighted by atomic mass is 35.5. The fourth-order valence-electron chi connectivity index (χ4n) is 0.695. The number of nitro benzene ring substituents is 1. The van der Waals surface area contributed by atoms with Crippen LogP contribution >= 0.6 is 11.6 Å². The lowest BCUT2D eigenvalue weighted by molar-refractivity contribution is -0.387. The van der Waals surface area contributed by atoms with Crippen LogP contribution in [0.5, 0.6) is 0 Å². The summed E-state index contributed by atoms with van der Waals surface area (Å²) in [6.07, 6.45) is 0. The van der Waals surface area contributed by atoms with Crippen molar-refractivity contribution in [2.24, 2.45) is 0 Å². The third-order valence-electron chi connectivity index (χ3n) is 1.29. The second kappa shape index (κ2) is 3.10. The summed E-state index contributed by atoms with van der Waals surface area (Å²) < 4.78 is 12.9. The molecule has 0 fully saturated rings.